The van der Waals surface area contributed by atoms with Gasteiger partial charge in [-0.3, -0.25) is 19.2 Å². The standard InChI is InChI=1S/C12H21N3O6/c1-5(2)9(11(19)14-6(3)12(20)21)15-10(18)7(13)4-8(16)17/h5-7,9H,4,13H2,1-3H3,(H,14,19)(H,15,18)(H,16,17)(H,20,21). The van der Waals surface area contributed by atoms with Gasteiger partial charge in [0.2, 0.25) is 11.8 Å². The van der Waals surface area contributed by atoms with Gasteiger partial charge >= 0.3 is 11.9 Å². The Morgan fingerprint density at radius 1 is 1.00 bits per heavy atom. The second kappa shape index (κ2) is 8.20. The number of carboxylic acid groups (broad SMARTS) is 2. The second-order valence-electron chi connectivity index (χ2n) is 5.00. The number of nitrogens with two attached hydrogens (primary N) is 1. The Balaban J connectivity index is 4.76. The first-order chi connectivity index (χ1) is 9.56. The molecule has 0 aromatic rings. The molecule has 0 aliphatic heterocycles. The number of carbonyl (C=O) groups excluding carboxylic acids is 2. The van der Waals surface area contributed by atoms with E-state index >= 15 is 0 Å². The number of amides is 2. The summed E-state index contributed by atoms with van der Waals surface area (Å²) in [6.45, 7) is 4.59. The molecule has 9 nitrogen and oxygen atoms in total. The summed E-state index contributed by atoms with van der Waals surface area (Å²) >= 11 is 0. The van der Waals surface area contributed by atoms with Gasteiger partial charge in [-0.05, 0) is 12.8 Å². The maximum atomic E-state index is 11.9. The molecule has 0 aliphatic carbocycles. The molecule has 0 rings (SSSR count). The van der Waals surface area contributed by atoms with Crippen molar-refractivity contribution in [1.82, 2.24) is 10.6 Å². The van der Waals surface area contributed by atoms with Gasteiger partial charge in [-0.25, -0.2) is 0 Å². The summed E-state index contributed by atoms with van der Waals surface area (Å²) in [7, 11) is 0. The fourth-order valence-corrected chi connectivity index (χ4v) is 1.44. The van der Waals surface area contributed by atoms with E-state index in [4.69, 9.17) is 15.9 Å². The van der Waals surface area contributed by atoms with Gasteiger partial charge in [0, 0.05) is 0 Å². The molecule has 2 amide bonds. The SMILES string of the molecule is CC(NC(=O)C(NC(=O)C(N)CC(=O)O)C(C)C)C(=O)O. The minimum absolute atomic E-state index is 0.327. The number of hydrogen-bond donors (Lipinski definition) is 5. The molecule has 0 bridgehead atoms. The lowest BCUT2D eigenvalue weighted by Crippen LogP contribution is -2.56. The average molecular weight is 303 g/mol. The molecule has 0 heterocycles. The highest BCUT2D eigenvalue weighted by Gasteiger charge is 2.28. The number of carboxylic acids is 2. The van der Waals surface area contributed by atoms with Crippen molar-refractivity contribution in [1.29, 1.82) is 0 Å². The number of hydrogen-bond acceptors (Lipinski definition) is 5. The molecule has 0 aromatic heterocycles. The van der Waals surface area contributed by atoms with E-state index in [2.05, 4.69) is 10.6 Å². The predicted molar refractivity (Wildman–Crippen MR) is 72.2 cm³/mol. The summed E-state index contributed by atoms with van der Waals surface area (Å²) in [6.07, 6.45) is -0.566. The number of aliphatic carboxylic acids is 2. The zero-order chi connectivity index (χ0) is 16.7. The predicted octanol–water partition coefficient (Wildman–Crippen LogP) is -1.48. The maximum absolute atomic E-state index is 11.9. The molecular formula is C12H21N3O6. The monoisotopic (exact) mass is 303 g/mol. The largest absolute Gasteiger partial charge is 0.481 e. The zero-order valence-electron chi connectivity index (χ0n) is 12.1. The zero-order valence-corrected chi connectivity index (χ0v) is 12.1. The molecule has 0 aromatic carbocycles. The molecule has 9 heteroatoms. The van der Waals surface area contributed by atoms with Crippen molar-refractivity contribution < 1.29 is 29.4 Å². The summed E-state index contributed by atoms with van der Waals surface area (Å²) in [5.41, 5.74) is 5.40. The smallest absolute Gasteiger partial charge is 0.325 e. The van der Waals surface area contributed by atoms with E-state index in [1.165, 1.54) is 6.92 Å². The lowest BCUT2D eigenvalue weighted by molar-refractivity contribution is -0.142. The van der Waals surface area contributed by atoms with E-state index < -0.39 is 48.3 Å². The third-order valence-electron chi connectivity index (χ3n) is 2.71. The van der Waals surface area contributed by atoms with Crippen molar-refractivity contribution in [3.05, 3.63) is 0 Å². The molecule has 21 heavy (non-hydrogen) atoms. The first kappa shape index (κ1) is 18.8. The van der Waals surface area contributed by atoms with Crippen LogP contribution in [0.25, 0.3) is 0 Å². The Labute approximate surface area is 121 Å². The number of rotatable bonds is 8. The summed E-state index contributed by atoms with van der Waals surface area (Å²) in [5.74, 6) is -4.22. The van der Waals surface area contributed by atoms with E-state index in [1.54, 1.807) is 13.8 Å². The van der Waals surface area contributed by atoms with Crippen molar-refractivity contribution in [3.63, 3.8) is 0 Å². The molecule has 3 atom stereocenters. The van der Waals surface area contributed by atoms with Crippen LogP contribution in [0.2, 0.25) is 0 Å². The van der Waals surface area contributed by atoms with Gasteiger partial charge in [0.15, 0.2) is 0 Å². The Morgan fingerprint density at radius 3 is 1.90 bits per heavy atom. The summed E-state index contributed by atoms with van der Waals surface area (Å²) in [6, 6.07) is -3.39. The molecule has 0 aliphatic rings. The molecule has 3 unspecified atom stereocenters. The number of nitrogens with one attached hydrogen (secondary N) is 2. The highest BCUT2D eigenvalue weighted by atomic mass is 16.4. The molecular weight excluding hydrogens is 282 g/mol. The van der Waals surface area contributed by atoms with Crippen LogP contribution in [0, 0.1) is 5.92 Å². The molecule has 0 saturated carbocycles. The molecule has 120 valence electrons. The Morgan fingerprint density at radius 2 is 1.52 bits per heavy atom. The van der Waals surface area contributed by atoms with Crippen molar-refractivity contribution in [2.75, 3.05) is 0 Å². The van der Waals surface area contributed by atoms with Crippen molar-refractivity contribution in [2.45, 2.75) is 45.3 Å². The van der Waals surface area contributed by atoms with Crippen molar-refractivity contribution in [3.8, 4) is 0 Å². The maximum Gasteiger partial charge on any atom is 0.325 e. The molecule has 6 N–H and O–H groups in total. The van der Waals surface area contributed by atoms with Crippen LogP contribution in [-0.4, -0.2) is 52.1 Å². The fraction of sp³-hybridized carbons (Fsp3) is 0.667. The van der Waals surface area contributed by atoms with Gasteiger partial charge in [-0.2, -0.15) is 0 Å². The highest BCUT2D eigenvalue weighted by molar-refractivity contribution is 5.92. The van der Waals surface area contributed by atoms with Gasteiger partial charge in [-0.1, -0.05) is 13.8 Å². The van der Waals surface area contributed by atoms with E-state index in [1.807, 2.05) is 0 Å². The minimum atomic E-state index is -1.28. The van der Waals surface area contributed by atoms with Crippen LogP contribution >= 0.6 is 0 Å². The Kier molecular flexibility index (Phi) is 7.36. The normalized spacial score (nSPS) is 14.9. The summed E-state index contributed by atoms with van der Waals surface area (Å²) < 4.78 is 0. The van der Waals surface area contributed by atoms with Crippen LogP contribution in [0.4, 0.5) is 0 Å². The number of carbonyl (C=O) groups is 4. The van der Waals surface area contributed by atoms with Crippen LogP contribution in [0.5, 0.6) is 0 Å². The molecule has 0 radical (unpaired) electrons. The fourth-order valence-electron chi connectivity index (χ4n) is 1.44. The average Bonchev–Trinajstić information content (AvgIpc) is 2.33. The highest BCUT2D eigenvalue weighted by Crippen LogP contribution is 2.03. The minimum Gasteiger partial charge on any atom is -0.481 e. The topological polar surface area (TPSA) is 159 Å². The van der Waals surface area contributed by atoms with E-state index in [9.17, 15) is 19.2 Å². The van der Waals surface area contributed by atoms with E-state index in [0.717, 1.165) is 0 Å². The van der Waals surface area contributed by atoms with Gasteiger partial charge in [0.1, 0.15) is 12.1 Å². The van der Waals surface area contributed by atoms with Crippen molar-refractivity contribution >= 4 is 23.8 Å². The Hall–Kier alpha value is -2.16. The molecule has 0 saturated heterocycles. The molecule has 0 fully saturated rings. The quantitative estimate of drug-likeness (QED) is 0.365. The van der Waals surface area contributed by atoms with Crippen LogP contribution < -0.4 is 16.4 Å². The van der Waals surface area contributed by atoms with Gasteiger partial charge < -0.3 is 26.6 Å². The van der Waals surface area contributed by atoms with Gasteiger partial charge in [0.25, 0.3) is 0 Å². The molecule has 0 spiro atoms. The van der Waals surface area contributed by atoms with Crippen LogP contribution in [0.15, 0.2) is 0 Å². The lowest BCUT2D eigenvalue weighted by Gasteiger charge is -2.24. The van der Waals surface area contributed by atoms with Gasteiger partial charge in [-0.15, -0.1) is 0 Å². The van der Waals surface area contributed by atoms with Crippen molar-refractivity contribution in [2.24, 2.45) is 11.7 Å². The third-order valence-corrected chi connectivity index (χ3v) is 2.71. The summed E-state index contributed by atoms with van der Waals surface area (Å²) in [5, 5.41) is 21.9. The van der Waals surface area contributed by atoms with Crippen LogP contribution in [-0.2, 0) is 19.2 Å². The Bertz CT molecular complexity index is 423. The van der Waals surface area contributed by atoms with Crippen LogP contribution in [0.1, 0.15) is 27.2 Å². The van der Waals surface area contributed by atoms with E-state index in [0.29, 0.717) is 0 Å². The second-order valence-corrected chi connectivity index (χ2v) is 5.00. The van der Waals surface area contributed by atoms with E-state index in [-0.39, 0.29) is 5.92 Å². The van der Waals surface area contributed by atoms with Crippen LogP contribution in [0.3, 0.4) is 0 Å². The third kappa shape index (κ3) is 6.70. The first-order valence-electron chi connectivity index (χ1n) is 6.37. The van der Waals surface area contributed by atoms with Gasteiger partial charge in [0.05, 0.1) is 12.5 Å². The lowest BCUT2D eigenvalue weighted by atomic mass is 10.0. The first-order valence-corrected chi connectivity index (χ1v) is 6.37. The summed E-state index contributed by atoms with van der Waals surface area (Å²) in [4.78, 5) is 44.8.